The number of rotatable bonds is 7. The molecule has 3 rings (SSSR count). The maximum absolute atomic E-state index is 11.5. The number of pyridine rings is 1. The molecule has 0 bridgehead atoms. The second-order valence-corrected chi connectivity index (χ2v) is 13.0. The van der Waals surface area contributed by atoms with Gasteiger partial charge < -0.3 is 10.2 Å². The Morgan fingerprint density at radius 3 is 2.41 bits per heavy atom. The van der Waals surface area contributed by atoms with Crippen molar-refractivity contribution in [3.63, 3.8) is 0 Å². The normalized spacial score (nSPS) is 35.3. The van der Waals surface area contributed by atoms with Crippen molar-refractivity contribution in [2.75, 3.05) is 0 Å². The lowest BCUT2D eigenvalue weighted by Crippen LogP contribution is -2.63. The highest BCUT2D eigenvalue weighted by molar-refractivity contribution is 5.72. The minimum absolute atomic E-state index is 0.00939. The molecule has 0 saturated heterocycles. The molecule has 0 aliphatic heterocycles. The molecule has 0 aromatic carbocycles. The van der Waals surface area contributed by atoms with Crippen LogP contribution < -0.4 is 0 Å². The Morgan fingerprint density at radius 1 is 1.18 bits per heavy atom. The van der Waals surface area contributed by atoms with Crippen LogP contribution in [0.4, 0.5) is 0 Å². The minimum Gasteiger partial charge on any atom is -0.393 e. The Balaban J connectivity index is 1.98. The molecule has 1 saturated carbocycles. The Labute approximate surface area is 207 Å². The van der Waals surface area contributed by atoms with Gasteiger partial charge in [-0.3, -0.25) is 4.98 Å². The van der Waals surface area contributed by atoms with Crippen LogP contribution in [0.5, 0.6) is 0 Å². The largest absolute Gasteiger partial charge is 0.393 e. The van der Waals surface area contributed by atoms with E-state index in [-0.39, 0.29) is 21.7 Å². The summed E-state index contributed by atoms with van der Waals surface area (Å²) in [4.78, 5) is 4.38. The van der Waals surface area contributed by atoms with Crippen molar-refractivity contribution in [1.82, 2.24) is 4.98 Å². The van der Waals surface area contributed by atoms with Crippen LogP contribution in [-0.2, 0) is 0 Å². The van der Waals surface area contributed by atoms with Gasteiger partial charge in [-0.1, -0.05) is 67.5 Å². The van der Waals surface area contributed by atoms with Gasteiger partial charge in [-0.05, 0) is 83.8 Å². The van der Waals surface area contributed by atoms with Crippen LogP contribution in [0.2, 0.25) is 0 Å². The summed E-state index contributed by atoms with van der Waals surface area (Å²) in [5.41, 5.74) is 0.0604. The van der Waals surface area contributed by atoms with E-state index < -0.39 is 17.1 Å². The number of hydrogen-bond acceptors (Lipinski definition) is 4. The van der Waals surface area contributed by atoms with Crippen molar-refractivity contribution in [2.45, 2.75) is 112 Å². The molecular weight excluding hydrogens is 420 g/mol. The van der Waals surface area contributed by atoms with E-state index in [0.717, 1.165) is 25.7 Å². The second-order valence-electron chi connectivity index (χ2n) is 13.0. The number of nitriles is 1. The predicted octanol–water partition coefficient (Wildman–Crippen LogP) is 6.93. The monoisotopic (exact) mass is 466 g/mol. The molecule has 0 amide bonds. The third kappa shape index (κ3) is 3.84. The smallest absolute Gasteiger partial charge is 0.156 e. The van der Waals surface area contributed by atoms with Crippen molar-refractivity contribution in [1.29, 1.82) is 5.26 Å². The van der Waals surface area contributed by atoms with Crippen LogP contribution in [0.1, 0.15) is 106 Å². The van der Waals surface area contributed by atoms with Gasteiger partial charge in [0.15, 0.2) is 5.60 Å². The highest BCUT2D eigenvalue weighted by atomic mass is 16.3. The highest BCUT2D eigenvalue weighted by Gasteiger charge is 2.64. The maximum Gasteiger partial charge on any atom is 0.156 e. The lowest BCUT2D eigenvalue weighted by atomic mass is 9.42. The van der Waals surface area contributed by atoms with E-state index in [4.69, 9.17) is 0 Å². The zero-order valence-corrected chi connectivity index (χ0v) is 22.7. The Bertz CT molecular complexity index is 962. The number of allylic oxidation sites excluding steroid dienone is 2. The van der Waals surface area contributed by atoms with Crippen LogP contribution in [-0.4, -0.2) is 26.9 Å². The summed E-state index contributed by atoms with van der Waals surface area (Å²) in [5, 5.41) is 32.2. The second kappa shape index (κ2) is 8.75. The van der Waals surface area contributed by atoms with Crippen molar-refractivity contribution in [3.05, 3.63) is 36.2 Å². The SMILES string of the molecule is CC[C@](O)(C#N)[C@@]1(C)C[C@@H](O)CC[C@]1(C)C(C)(C)CC[C@]1(C)C(c2cccnc2)=CCC1(C)C. The van der Waals surface area contributed by atoms with E-state index in [2.05, 4.69) is 64.7 Å². The summed E-state index contributed by atoms with van der Waals surface area (Å²) >= 11 is 0. The minimum atomic E-state index is -1.47. The van der Waals surface area contributed by atoms with Gasteiger partial charge in [0.25, 0.3) is 0 Å². The van der Waals surface area contributed by atoms with Crippen LogP contribution in [0.15, 0.2) is 30.6 Å². The molecule has 5 atom stereocenters. The van der Waals surface area contributed by atoms with Gasteiger partial charge in [0.1, 0.15) is 0 Å². The molecule has 0 unspecified atom stereocenters. The first-order chi connectivity index (χ1) is 15.6. The van der Waals surface area contributed by atoms with Gasteiger partial charge in [-0.25, -0.2) is 0 Å². The molecule has 1 aromatic rings. The molecule has 2 aliphatic rings. The molecule has 2 aliphatic carbocycles. The summed E-state index contributed by atoms with van der Waals surface area (Å²) in [7, 11) is 0. The molecule has 188 valence electrons. The molecule has 1 fully saturated rings. The van der Waals surface area contributed by atoms with E-state index in [1.165, 1.54) is 11.1 Å². The summed E-state index contributed by atoms with van der Waals surface area (Å²) in [5.74, 6) is 0. The fraction of sp³-hybridized carbons (Fsp3) is 0.733. The summed E-state index contributed by atoms with van der Waals surface area (Å²) in [6.45, 7) is 18.0. The number of aliphatic hydroxyl groups excluding tert-OH is 1. The lowest BCUT2D eigenvalue weighted by Gasteiger charge is -2.63. The van der Waals surface area contributed by atoms with Gasteiger partial charge in [0.2, 0.25) is 0 Å². The first-order valence-electron chi connectivity index (χ1n) is 13.1. The first kappa shape index (κ1) is 26.9. The van der Waals surface area contributed by atoms with Crippen LogP contribution >= 0.6 is 0 Å². The number of aliphatic hydroxyl groups is 2. The fourth-order valence-corrected chi connectivity index (χ4v) is 7.28. The van der Waals surface area contributed by atoms with Gasteiger partial charge >= 0.3 is 0 Å². The molecule has 0 spiro atoms. The van der Waals surface area contributed by atoms with E-state index in [1.807, 2.05) is 32.3 Å². The number of nitrogens with zero attached hydrogens (tertiary/aromatic N) is 2. The Hall–Kier alpha value is -1.70. The van der Waals surface area contributed by atoms with Crippen LogP contribution in [0.25, 0.3) is 5.57 Å². The number of aromatic nitrogens is 1. The van der Waals surface area contributed by atoms with E-state index in [0.29, 0.717) is 19.3 Å². The zero-order chi connectivity index (χ0) is 25.6. The standard InChI is InChI=1S/C30H46N2O2/c1-9-30(34,21-31)29(8)19-23(33)12-15-28(29,7)26(4,5)16-17-27(6)24(13-14-25(27,2)3)22-11-10-18-32-20-22/h10-11,13,18,20,23,33-34H,9,12,14-17,19H2,1-8H3/t23-,27+,28+,29-,30-/m0/s1. The third-order valence-corrected chi connectivity index (χ3v) is 11.1. The van der Waals surface area contributed by atoms with Crippen molar-refractivity contribution in [3.8, 4) is 6.07 Å². The van der Waals surface area contributed by atoms with Crippen molar-refractivity contribution in [2.24, 2.45) is 27.1 Å². The average molecular weight is 467 g/mol. The molecule has 4 nitrogen and oxygen atoms in total. The molecule has 1 aromatic heterocycles. The molecule has 4 heteroatoms. The van der Waals surface area contributed by atoms with E-state index in [1.54, 1.807) is 0 Å². The first-order valence-corrected chi connectivity index (χ1v) is 13.1. The molecular formula is C30H46N2O2. The fourth-order valence-electron chi connectivity index (χ4n) is 7.28. The van der Waals surface area contributed by atoms with E-state index in [9.17, 15) is 15.5 Å². The predicted molar refractivity (Wildman–Crippen MR) is 139 cm³/mol. The molecule has 0 radical (unpaired) electrons. The Morgan fingerprint density at radius 2 is 1.85 bits per heavy atom. The van der Waals surface area contributed by atoms with Gasteiger partial charge in [0.05, 0.1) is 12.2 Å². The molecule has 34 heavy (non-hydrogen) atoms. The molecule has 1 heterocycles. The van der Waals surface area contributed by atoms with Gasteiger partial charge in [-0.15, -0.1) is 0 Å². The summed E-state index contributed by atoms with van der Waals surface area (Å²) < 4.78 is 0. The third-order valence-electron chi connectivity index (χ3n) is 11.1. The van der Waals surface area contributed by atoms with Gasteiger partial charge in [-0.2, -0.15) is 5.26 Å². The van der Waals surface area contributed by atoms with E-state index >= 15 is 0 Å². The lowest BCUT2D eigenvalue weighted by molar-refractivity contribution is -0.199. The summed E-state index contributed by atoms with van der Waals surface area (Å²) in [6.07, 6.45) is 11.1. The maximum atomic E-state index is 11.5. The zero-order valence-electron chi connectivity index (χ0n) is 22.7. The topological polar surface area (TPSA) is 77.1 Å². The van der Waals surface area contributed by atoms with Crippen LogP contribution in [0.3, 0.4) is 0 Å². The average Bonchev–Trinajstić information content (AvgIpc) is 3.04. The van der Waals surface area contributed by atoms with Crippen molar-refractivity contribution >= 4 is 5.57 Å². The van der Waals surface area contributed by atoms with Crippen LogP contribution in [0, 0.1) is 38.4 Å². The van der Waals surface area contributed by atoms with Crippen molar-refractivity contribution < 1.29 is 10.2 Å². The van der Waals surface area contributed by atoms with Gasteiger partial charge in [0, 0.05) is 17.8 Å². The molecule has 2 N–H and O–H groups in total. The Kier molecular flexibility index (Phi) is 6.92. The highest BCUT2D eigenvalue weighted by Crippen LogP contribution is 2.67. The summed E-state index contributed by atoms with van der Waals surface area (Å²) in [6, 6.07) is 6.44. The quantitative estimate of drug-likeness (QED) is 0.427. The number of hydrogen-bond donors (Lipinski definition) is 2.